The van der Waals surface area contributed by atoms with Gasteiger partial charge < -0.3 is 14.1 Å². The number of benzene rings is 1. The second kappa shape index (κ2) is 6.84. The molecule has 0 aliphatic carbocycles. The molecule has 122 valence electrons. The summed E-state index contributed by atoms with van der Waals surface area (Å²) in [5.74, 6) is -0.213. The molecule has 0 saturated carbocycles. The highest BCUT2D eigenvalue weighted by Gasteiger charge is 2.36. The van der Waals surface area contributed by atoms with Crippen LogP contribution in [0.4, 0.5) is 0 Å². The van der Waals surface area contributed by atoms with Gasteiger partial charge in [-0.05, 0) is 37.1 Å². The molecule has 3 rings (SSSR count). The molecule has 0 radical (unpaired) electrons. The number of hydrogen-bond donors (Lipinski definition) is 1. The number of carbonyl (C=O) groups is 2. The van der Waals surface area contributed by atoms with Crippen molar-refractivity contribution in [1.82, 2.24) is 4.98 Å². The molecule has 6 nitrogen and oxygen atoms in total. The second-order valence-corrected chi connectivity index (χ2v) is 5.74. The van der Waals surface area contributed by atoms with E-state index in [0.29, 0.717) is 23.4 Å². The van der Waals surface area contributed by atoms with E-state index in [1.54, 1.807) is 18.2 Å². The first-order valence-electron chi connectivity index (χ1n) is 7.61. The molecule has 0 amide bonds. The van der Waals surface area contributed by atoms with E-state index in [1.807, 2.05) is 6.07 Å². The summed E-state index contributed by atoms with van der Waals surface area (Å²) in [6, 6.07) is 5.29. The smallest absolute Gasteiger partial charge is 0.526 e. The third-order valence-corrected chi connectivity index (χ3v) is 3.95. The molecular formula is C17H16BNO5. The number of nitrogens with zero attached hydrogens (tertiary/aromatic N) is 1. The molecule has 0 bridgehead atoms. The molecule has 24 heavy (non-hydrogen) atoms. The van der Waals surface area contributed by atoms with Crippen molar-refractivity contribution in [3.8, 4) is 5.75 Å². The van der Waals surface area contributed by atoms with Gasteiger partial charge >= 0.3 is 7.12 Å². The van der Waals surface area contributed by atoms with Crippen molar-refractivity contribution in [2.24, 2.45) is 0 Å². The molecule has 1 aliphatic rings. The van der Waals surface area contributed by atoms with E-state index in [4.69, 9.17) is 9.07 Å². The van der Waals surface area contributed by atoms with Crippen molar-refractivity contribution in [2.75, 3.05) is 0 Å². The number of ketones is 2. The predicted octanol–water partition coefficient (Wildman–Crippen LogP) is 2.34. The zero-order valence-electron chi connectivity index (χ0n) is 13.1. The zero-order chi connectivity index (χ0) is 17.1. The minimum Gasteiger partial charge on any atom is -0.535 e. The van der Waals surface area contributed by atoms with E-state index in [0.717, 1.165) is 5.56 Å². The van der Waals surface area contributed by atoms with Gasteiger partial charge in [0.25, 0.3) is 0 Å². The van der Waals surface area contributed by atoms with Crippen LogP contribution in [0.1, 0.15) is 35.0 Å². The largest absolute Gasteiger partial charge is 0.535 e. The summed E-state index contributed by atoms with van der Waals surface area (Å²) in [5.41, 5.74) is 1.83. The first-order chi connectivity index (χ1) is 11.5. The van der Waals surface area contributed by atoms with Crippen LogP contribution in [0.25, 0.3) is 6.08 Å². The van der Waals surface area contributed by atoms with Gasteiger partial charge in [0.2, 0.25) is 0 Å². The molecular weight excluding hydrogens is 309 g/mol. The van der Waals surface area contributed by atoms with Crippen LogP contribution in [-0.2, 0) is 11.2 Å². The van der Waals surface area contributed by atoms with Gasteiger partial charge in [-0.2, -0.15) is 0 Å². The zero-order valence-corrected chi connectivity index (χ0v) is 13.1. The van der Waals surface area contributed by atoms with Crippen LogP contribution >= 0.6 is 0 Å². The Morgan fingerprint density at radius 2 is 2.29 bits per heavy atom. The van der Waals surface area contributed by atoms with Gasteiger partial charge in [0.15, 0.2) is 18.0 Å². The first kappa shape index (κ1) is 16.2. The van der Waals surface area contributed by atoms with Gasteiger partial charge in [-0.15, -0.1) is 0 Å². The first-order valence-corrected chi connectivity index (χ1v) is 7.61. The molecule has 2 heterocycles. The van der Waals surface area contributed by atoms with Crippen LogP contribution in [0.2, 0.25) is 5.82 Å². The average molecular weight is 325 g/mol. The topological polar surface area (TPSA) is 89.6 Å². The summed E-state index contributed by atoms with van der Waals surface area (Å²) in [7, 11) is -1.12. The van der Waals surface area contributed by atoms with E-state index < -0.39 is 7.12 Å². The van der Waals surface area contributed by atoms with Crippen molar-refractivity contribution in [2.45, 2.75) is 25.6 Å². The lowest BCUT2D eigenvalue weighted by Gasteiger charge is -2.28. The van der Waals surface area contributed by atoms with Crippen molar-refractivity contribution in [3.63, 3.8) is 0 Å². The van der Waals surface area contributed by atoms with Crippen LogP contribution in [0.5, 0.6) is 5.75 Å². The Labute approximate surface area is 139 Å². The Morgan fingerprint density at radius 3 is 3.00 bits per heavy atom. The Morgan fingerprint density at radius 1 is 1.46 bits per heavy atom. The normalized spacial score (nSPS) is 16.8. The van der Waals surface area contributed by atoms with Gasteiger partial charge in [0.05, 0.1) is 5.56 Å². The van der Waals surface area contributed by atoms with Crippen molar-refractivity contribution >= 4 is 24.8 Å². The molecule has 0 spiro atoms. The molecule has 0 unspecified atom stereocenters. The maximum Gasteiger partial charge on any atom is 0.526 e. The molecule has 7 heteroatoms. The molecule has 1 N–H and O–H groups in total. The molecule has 1 aromatic heterocycles. The van der Waals surface area contributed by atoms with Crippen molar-refractivity contribution < 1.29 is 23.7 Å². The maximum atomic E-state index is 12.1. The van der Waals surface area contributed by atoms with E-state index in [9.17, 15) is 14.6 Å². The fourth-order valence-corrected chi connectivity index (χ4v) is 2.74. The summed E-state index contributed by atoms with van der Waals surface area (Å²) < 4.78 is 10.3. The maximum absolute atomic E-state index is 12.1. The fourth-order valence-electron chi connectivity index (χ4n) is 2.74. The Hall–Kier alpha value is -2.67. The Balaban J connectivity index is 1.71. The number of aromatic nitrogens is 1. The van der Waals surface area contributed by atoms with Gasteiger partial charge in [0, 0.05) is 12.2 Å². The minimum atomic E-state index is -1.12. The molecule has 1 atom stereocenters. The number of carbonyl (C=O) groups excluding carboxylic acids is 2. The fraction of sp³-hybridized carbons (Fsp3) is 0.235. The number of Topliss-reactive ketones (excluding diaryl/α,β-unsaturated/α-hetero) is 1. The number of hydrogen-bond acceptors (Lipinski definition) is 6. The Kier molecular flexibility index (Phi) is 4.62. The lowest BCUT2D eigenvalue weighted by Crippen LogP contribution is -2.35. The molecule has 0 saturated heterocycles. The van der Waals surface area contributed by atoms with Gasteiger partial charge in [-0.25, -0.2) is 4.98 Å². The molecule has 0 fully saturated rings. The van der Waals surface area contributed by atoms with Gasteiger partial charge in [-0.1, -0.05) is 12.1 Å². The lowest BCUT2D eigenvalue weighted by atomic mass is 9.64. The summed E-state index contributed by atoms with van der Waals surface area (Å²) in [5, 5.41) is 10.2. The molecule has 2 aromatic rings. The SMILES string of the molecule is CC(=O)c1cccc2c1OB(O)[C@@H](CC(=O)/C=C/c1cocn1)C2. The molecule has 1 aliphatic heterocycles. The number of rotatable bonds is 5. The third-order valence-electron chi connectivity index (χ3n) is 3.95. The van der Waals surface area contributed by atoms with Gasteiger partial charge in [-0.3, -0.25) is 9.59 Å². The molecule has 1 aromatic carbocycles. The van der Waals surface area contributed by atoms with E-state index in [-0.39, 0.29) is 23.8 Å². The highest BCUT2D eigenvalue weighted by molar-refractivity contribution is 6.47. The van der Waals surface area contributed by atoms with Crippen LogP contribution in [0.15, 0.2) is 41.3 Å². The predicted molar refractivity (Wildman–Crippen MR) is 87.7 cm³/mol. The summed E-state index contributed by atoms with van der Waals surface area (Å²) in [6.07, 6.45) is 6.30. The lowest BCUT2D eigenvalue weighted by molar-refractivity contribution is -0.114. The van der Waals surface area contributed by atoms with Crippen molar-refractivity contribution in [3.05, 3.63) is 53.8 Å². The highest BCUT2D eigenvalue weighted by Crippen LogP contribution is 2.36. The van der Waals surface area contributed by atoms with Crippen LogP contribution in [0.3, 0.4) is 0 Å². The van der Waals surface area contributed by atoms with Gasteiger partial charge in [0.1, 0.15) is 17.7 Å². The van der Waals surface area contributed by atoms with Crippen LogP contribution in [-0.4, -0.2) is 28.7 Å². The van der Waals surface area contributed by atoms with Crippen LogP contribution < -0.4 is 4.65 Å². The average Bonchev–Trinajstić information content (AvgIpc) is 3.06. The monoisotopic (exact) mass is 325 g/mol. The van der Waals surface area contributed by atoms with Crippen molar-refractivity contribution in [1.29, 1.82) is 0 Å². The number of oxazole rings is 1. The third kappa shape index (κ3) is 3.46. The van der Waals surface area contributed by atoms with E-state index >= 15 is 0 Å². The Bertz CT molecular complexity index is 784. The number of para-hydroxylation sites is 1. The minimum absolute atomic E-state index is 0.121. The van der Waals surface area contributed by atoms with E-state index in [1.165, 1.54) is 25.7 Å². The summed E-state index contributed by atoms with van der Waals surface area (Å²) in [4.78, 5) is 27.6. The summed E-state index contributed by atoms with van der Waals surface area (Å²) >= 11 is 0. The number of allylic oxidation sites excluding steroid dienone is 1. The highest BCUT2D eigenvalue weighted by atomic mass is 16.5. The quantitative estimate of drug-likeness (QED) is 0.515. The van der Waals surface area contributed by atoms with E-state index in [2.05, 4.69) is 4.98 Å². The van der Waals surface area contributed by atoms with Crippen LogP contribution in [0, 0.1) is 0 Å². The summed E-state index contributed by atoms with van der Waals surface area (Å²) in [6.45, 7) is 1.45. The standard InChI is InChI=1S/C17H16BNO5/c1-11(20)16-4-2-3-12-7-13(18(22)24-17(12)16)8-15(21)6-5-14-9-23-10-19-14/h2-6,9-10,13,22H,7-8H2,1H3/b6-5+/t13-/m1/s1. The second-order valence-electron chi connectivity index (χ2n) is 5.74. The number of fused-ring (bicyclic) bond motifs is 1.